The van der Waals surface area contributed by atoms with Crippen molar-refractivity contribution in [2.24, 2.45) is 0 Å². The van der Waals surface area contributed by atoms with E-state index in [1.54, 1.807) is 6.92 Å². The molecule has 0 unspecified atom stereocenters. The molecule has 0 aliphatic carbocycles. The highest BCUT2D eigenvalue weighted by atomic mass is 32.2. The van der Waals surface area contributed by atoms with E-state index in [0.29, 0.717) is 6.07 Å². The zero-order valence-electron chi connectivity index (χ0n) is 15.7. The molecule has 0 spiro atoms. The molecule has 0 amide bonds. The van der Waals surface area contributed by atoms with Crippen LogP contribution in [-0.4, -0.2) is 53.1 Å². The van der Waals surface area contributed by atoms with Gasteiger partial charge >= 0.3 is 16.2 Å². The molecule has 12 heteroatoms. The average molecular weight is 438 g/mol. The summed E-state index contributed by atoms with van der Waals surface area (Å²) in [4.78, 5) is 30.9. The predicted octanol–water partition coefficient (Wildman–Crippen LogP) is 2.38. The predicted molar refractivity (Wildman–Crippen MR) is 104 cm³/mol. The van der Waals surface area contributed by atoms with Crippen LogP contribution in [0.4, 0.5) is 14.5 Å². The van der Waals surface area contributed by atoms with Gasteiger partial charge in [0.2, 0.25) is 5.78 Å². The molecule has 9 nitrogen and oxygen atoms in total. The third kappa shape index (κ3) is 3.62. The molecule has 0 aliphatic heterocycles. The van der Waals surface area contributed by atoms with Crippen molar-refractivity contribution >= 4 is 38.7 Å². The third-order valence-electron chi connectivity index (χ3n) is 4.42. The van der Waals surface area contributed by atoms with Gasteiger partial charge < -0.3 is 10.1 Å². The number of aromatic carboxylic acids is 1. The number of hydrogen-bond donors (Lipinski definition) is 3. The van der Waals surface area contributed by atoms with Gasteiger partial charge in [0.1, 0.15) is 17.2 Å². The fourth-order valence-electron chi connectivity index (χ4n) is 2.77. The summed E-state index contributed by atoms with van der Waals surface area (Å²) in [5.41, 5.74) is -2.80. The average Bonchev–Trinajstić information content (AvgIpc) is 3.09. The number of carbonyl (C=O) groups excluding carboxylic acids is 1. The highest BCUT2D eigenvalue weighted by Crippen LogP contribution is 2.29. The van der Waals surface area contributed by atoms with Gasteiger partial charge in [0.15, 0.2) is 5.82 Å². The Morgan fingerprint density at radius 3 is 2.57 bits per heavy atom. The molecule has 0 radical (unpaired) electrons. The van der Waals surface area contributed by atoms with Crippen LogP contribution in [0.2, 0.25) is 0 Å². The number of ketones is 1. The second kappa shape index (κ2) is 7.80. The number of nitrogens with zero attached hydrogens (tertiary/aromatic N) is 2. The molecule has 158 valence electrons. The molecular weight excluding hydrogens is 422 g/mol. The number of aromatic amines is 1. The smallest absolute Gasteiger partial charge is 0.353 e. The number of halogens is 2. The van der Waals surface area contributed by atoms with Gasteiger partial charge in [-0.3, -0.25) is 9.52 Å². The van der Waals surface area contributed by atoms with Crippen LogP contribution < -0.4 is 4.72 Å². The van der Waals surface area contributed by atoms with Crippen LogP contribution in [0.25, 0.3) is 11.0 Å². The van der Waals surface area contributed by atoms with E-state index in [1.165, 1.54) is 25.4 Å². The van der Waals surface area contributed by atoms with Crippen LogP contribution in [0.3, 0.4) is 0 Å². The van der Waals surface area contributed by atoms with Crippen molar-refractivity contribution < 1.29 is 31.9 Å². The number of carboxylic acids is 1. The van der Waals surface area contributed by atoms with Gasteiger partial charge in [-0.25, -0.2) is 18.6 Å². The molecule has 0 fully saturated rings. The summed E-state index contributed by atoms with van der Waals surface area (Å²) >= 11 is 0. The Morgan fingerprint density at radius 1 is 1.23 bits per heavy atom. The van der Waals surface area contributed by atoms with E-state index in [-0.39, 0.29) is 17.6 Å². The van der Waals surface area contributed by atoms with E-state index < -0.39 is 56.1 Å². The molecule has 3 rings (SSSR count). The van der Waals surface area contributed by atoms with E-state index in [9.17, 15) is 27.5 Å². The first-order valence-corrected chi connectivity index (χ1v) is 9.99. The van der Waals surface area contributed by atoms with Gasteiger partial charge in [0.25, 0.3) is 0 Å². The number of rotatable bonds is 7. The summed E-state index contributed by atoms with van der Waals surface area (Å²) in [6.45, 7) is 1.63. The minimum Gasteiger partial charge on any atom is -0.477 e. The highest BCUT2D eigenvalue weighted by Gasteiger charge is 2.30. The van der Waals surface area contributed by atoms with E-state index in [4.69, 9.17) is 0 Å². The molecule has 2 aromatic heterocycles. The van der Waals surface area contributed by atoms with Gasteiger partial charge in [-0.1, -0.05) is 6.92 Å². The first kappa shape index (κ1) is 21.3. The van der Waals surface area contributed by atoms with Crippen molar-refractivity contribution in [1.82, 2.24) is 14.3 Å². The summed E-state index contributed by atoms with van der Waals surface area (Å²) in [6.07, 6.45) is 1.35. The lowest BCUT2D eigenvalue weighted by Crippen LogP contribution is -2.32. The van der Waals surface area contributed by atoms with Crippen molar-refractivity contribution in [3.8, 4) is 0 Å². The Hall–Kier alpha value is -3.38. The second-order valence-corrected chi connectivity index (χ2v) is 7.99. The Morgan fingerprint density at radius 2 is 1.93 bits per heavy atom. The van der Waals surface area contributed by atoms with Crippen molar-refractivity contribution in [2.45, 2.75) is 6.92 Å². The Bertz CT molecular complexity index is 1270. The third-order valence-corrected chi connectivity index (χ3v) is 5.98. The maximum atomic E-state index is 15.0. The standard InChI is InChI=1S/C18H16F2N4O5S/c1-3-24(2)30(28,29)23-11-7-6-10(19)13(14(11)20)16(25)12-9-5-4-8-21-17(9)22-15(12)18(26)27/h4-8,23H,3H2,1-2H3,(H,21,22)(H,26,27). The molecular formula is C18H16F2N4O5S. The number of hydrogen-bond acceptors (Lipinski definition) is 5. The lowest BCUT2D eigenvalue weighted by molar-refractivity contribution is 0.0687. The van der Waals surface area contributed by atoms with Gasteiger partial charge in [-0.05, 0) is 24.3 Å². The first-order chi connectivity index (χ1) is 14.1. The number of nitrogens with one attached hydrogen (secondary N) is 2. The number of carbonyl (C=O) groups is 2. The molecule has 0 saturated carbocycles. The zero-order valence-corrected chi connectivity index (χ0v) is 16.5. The monoisotopic (exact) mass is 438 g/mol. The summed E-state index contributed by atoms with van der Waals surface area (Å²) < 4.78 is 56.6. The summed E-state index contributed by atoms with van der Waals surface area (Å²) in [6, 6.07) is 4.35. The molecule has 0 atom stereocenters. The fraction of sp³-hybridized carbons (Fsp3) is 0.167. The van der Waals surface area contributed by atoms with Crippen molar-refractivity contribution in [1.29, 1.82) is 0 Å². The number of H-pyrrole nitrogens is 1. The zero-order chi connectivity index (χ0) is 22.2. The molecule has 3 N–H and O–H groups in total. The Labute approximate surface area is 169 Å². The minimum atomic E-state index is -4.15. The maximum Gasteiger partial charge on any atom is 0.353 e. The summed E-state index contributed by atoms with van der Waals surface area (Å²) in [5, 5.41) is 9.45. The maximum absolute atomic E-state index is 15.0. The molecule has 30 heavy (non-hydrogen) atoms. The van der Waals surface area contributed by atoms with Crippen LogP contribution in [0.1, 0.15) is 33.3 Å². The summed E-state index contributed by atoms with van der Waals surface area (Å²) in [5.74, 6) is -5.55. The van der Waals surface area contributed by atoms with Gasteiger partial charge in [0, 0.05) is 25.2 Å². The normalized spacial score (nSPS) is 11.8. The van der Waals surface area contributed by atoms with Crippen LogP contribution in [0.15, 0.2) is 30.5 Å². The van der Waals surface area contributed by atoms with Gasteiger partial charge in [0.05, 0.1) is 16.8 Å². The second-order valence-electron chi connectivity index (χ2n) is 6.21. The fourth-order valence-corrected chi connectivity index (χ4v) is 3.70. The number of fused-ring (bicyclic) bond motifs is 1. The van der Waals surface area contributed by atoms with Gasteiger partial charge in [-0.15, -0.1) is 0 Å². The van der Waals surface area contributed by atoms with Crippen LogP contribution in [0, 0.1) is 11.6 Å². The number of anilines is 1. The van der Waals surface area contributed by atoms with Crippen LogP contribution in [-0.2, 0) is 10.2 Å². The number of carboxylic acid groups (broad SMARTS) is 1. The molecule has 1 aromatic carbocycles. The number of benzene rings is 1. The van der Waals surface area contributed by atoms with Crippen LogP contribution >= 0.6 is 0 Å². The number of aromatic nitrogens is 2. The minimum absolute atomic E-state index is 0.0421. The largest absolute Gasteiger partial charge is 0.477 e. The number of pyridine rings is 1. The van der Waals surface area contributed by atoms with Gasteiger partial charge in [-0.2, -0.15) is 12.7 Å². The topological polar surface area (TPSA) is 132 Å². The molecule has 2 heterocycles. The van der Waals surface area contributed by atoms with E-state index >= 15 is 4.39 Å². The molecule has 0 saturated heterocycles. The Balaban J connectivity index is 2.18. The first-order valence-electron chi connectivity index (χ1n) is 8.55. The van der Waals surface area contributed by atoms with Crippen LogP contribution in [0.5, 0.6) is 0 Å². The quantitative estimate of drug-likeness (QED) is 0.485. The Kier molecular flexibility index (Phi) is 5.55. The molecule has 3 aromatic rings. The van der Waals surface area contributed by atoms with Crippen molar-refractivity contribution in [3.05, 3.63) is 58.9 Å². The lowest BCUT2D eigenvalue weighted by Gasteiger charge is -2.17. The summed E-state index contributed by atoms with van der Waals surface area (Å²) in [7, 11) is -2.91. The van der Waals surface area contributed by atoms with Crippen molar-refractivity contribution in [3.63, 3.8) is 0 Å². The lowest BCUT2D eigenvalue weighted by atomic mass is 9.99. The van der Waals surface area contributed by atoms with E-state index in [2.05, 4.69) is 9.97 Å². The van der Waals surface area contributed by atoms with Crippen molar-refractivity contribution in [2.75, 3.05) is 18.3 Å². The van der Waals surface area contributed by atoms with E-state index in [1.807, 2.05) is 4.72 Å². The SMILES string of the molecule is CCN(C)S(=O)(=O)Nc1ccc(F)c(C(=O)c2c(C(=O)O)[nH]c3ncccc23)c1F. The molecule has 0 aliphatic rings. The molecule has 0 bridgehead atoms. The highest BCUT2D eigenvalue weighted by molar-refractivity contribution is 7.90. The van der Waals surface area contributed by atoms with E-state index in [0.717, 1.165) is 10.4 Å².